The minimum atomic E-state index is -2.96. The summed E-state index contributed by atoms with van der Waals surface area (Å²) in [4.78, 5) is 0. The van der Waals surface area contributed by atoms with E-state index in [4.69, 9.17) is 10.00 Å². The van der Waals surface area contributed by atoms with Crippen LogP contribution in [-0.4, -0.2) is 7.11 Å². The zero-order valence-corrected chi connectivity index (χ0v) is 8.55. The molecule has 0 amide bonds. The Bertz CT molecular complexity index is 391. The monoisotopic (exact) mass is 211 g/mol. The van der Waals surface area contributed by atoms with Gasteiger partial charge in [0, 0.05) is 12.5 Å². The summed E-state index contributed by atoms with van der Waals surface area (Å²) in [5, 5.41) is 8.54. The molecule has 0 unspecified atom stereocenters. The smallest absolute Gasteiger partial charge is 0.274 e. The Balaban J connectivity index is 3.30. The summed E-state index contributed by atoms with van der Waals surface area (Å²) in [6.07, 6.45) is 0.0626. The Morgan fingerprint density at radius 2 is 2.13 bits per heavy atom. The van der Waals surface area contributed by atoms with E-state index in [0.717, 1.165) is 6.92 Å². The molecule has 2 nitrogen and oxygen atoms in total. The molecule has 0 bridgehead atoms. The highest BCUT2D eigenvalue weighted by atomic mass is 19.3. The summed E-state index contributed by atoms with van der Waals surface area (Å²) < 4.78 is 31.2. The van der Waals surface area contributed by atoms with Crippen molar-refractivity contribution in [2.45, 2.75) is 19.3 Å². The molecule has 0 spiro atoms. The Hall–Kier alpha value is -1.63. The van der Waals surface area contributed by atoms with Gasteiger partial charge in [0.1, 0.15) is 5.75 Å². The van der Waals surface area contributed by atoms with E-state index in [9.17, 15) is 8.78 Å². The van der Waals surface area contributed by atoms with Gasteiger partial charge in [-0.3, -0.25) is 0 Å². The number of alkyl halides is 2. The molecule has 0 aliphatic rings. The third-order valence-corrected chi connectivity index (χ3v) is 2.04. The normalized spacial score (nSPS) is 10.9. The number of halogens is 2. The van der Waals surface area contributed by atoms with Crippen LogP contribution >= 0.6 is 0 Å². The van der Waals surface area contributed by atoms with Crippen molar-refractivity contribution in [3.8, 4) is 11.8 Å². The minimum absolute atomic E-state index is 0.0626. The lowest BCUT2D eigenvalue weighted by Gasteiger charge is -2.16. The Kier molecular flexibility index (Phi) is 3.25. The molecule has 1 aromatic rings. The molecule has 0 aromatic heterocycles. The first-order valence-corrected chi connectivity index (χ1v) is 4.42. The molecule has 1 aromatic carbocycles. The van der Waals surface area contributed by atoms with Crippen molar-refractivity contribution in [3.63, 3.8) is 0 Å². The van der Waals surface area contributed by atoms with Crippen molar-refractivity contribution >= 4 is 0 Å². The zero-order valence-electron chi connectivity index (χ0n) is 8.55. The van der Waals surface area contributed by atoms with E-state index in [2.05, 4.69) is 0 Å². The summed E-state index contributed by atoms with van der Waals surface area (Å²) in [7, 11) is 1.32. The van der Waals surface area contributed by atoms with E-state index in [-0.39, 0.29) is 17.7 Å². The molecule has 0 atom stereocenters. The van der Waals surface area contributed by atoms with Gasteiger partial charge in [-0.2, -0.15) is 5.26 Å². The molecule has 80 valence electrons. The van der Waals surface area contributed by atoms with Crippen LogP contribution in [-0.2, 0) is 12.3 Å². The molecule has 0 aliphatic heterocycles. The molecule has 0 saturated heterocycles. The third-order valence-electron chi connectivity index (χ3n) is 2.04. The first kappa shape index (κ1) is 11.4. The van der Waals surface area contributed by atoms with Crippen LogP contribution in [0.2, 0.25) is 0 Å². The molecule has 0 N–H and O–H groups in total. The quantitative estimate of drug-likeness (QED) is 0.770. The number of nitriles is 1. The largest absolute Gasteiger partial charge is 0.496 e. The van der Waals surface area contributed by atoms with Gasteiger partial charge in [-0.1, -0.05) is 12.1 Å². The number of methoxy groups -OCH3 is 1. The Morgan fingerprint density at radius 1 is 1.47 bits per heavy atom. The lowest BCUT2D eigenvalue weighted by molar-refractivity contribution is 0.0149. The Morgan fingerprint density at radius 3 is 2.60 bits per heavy atom. The van der Waals surface area contributed by atoms with Crippen molar-refractivity contribution < 1.29 is 13.5 Å². The van der Waals surface area contributed by atoms with Gasteiger partial charge in [0.2, 0.25) is 0 Å². The number of para-hydroxylation sites is 1. The van der Waals surface area contributed by atoms with Crippen molar-refractivity contribution in [3.05, 3.63) is 29.3 Å². The molecule has 0 fully saturated rings. The molecular weight excluding hydrogens is 200 g/mol. The van der Waals surface area contributed by atoms with Crippen LogP contribution in [0.15, 0.2) is 18.2 Å². The fraction of sp³-hybridized carbons (Fsp3) is 0.364. The summed E-state index contributed by atoms with van der Waals surface area (Å²) in [5.41, 5.74) is 0.303. The van der Waals surface area contributed by atoms with Gasteiger partial charge < -0.3 is 4.74 Å². The number of rotatable bonds is 3. The SMILES string of the molecule is COc1c(CC#N)cccc1C(C)(F)F. The molecule has 0 heterocycles. The van der Waals surface area contributed by atoms with Crippen LogP contribution in [0.4, 0.5) is 8.78 Å². The first-order chi connectivity index (χ1) is 7.00. The summed E-state index contributed by atoms with van der Waals surface area (Å²) in [6, 6.07) is 6.33. The van der Waals surface area contributed by atoms with Crippen LogP contribution in [0.1, 0.15) is 18.1 Å². The second-order valence-corrected chi connectivity index (χ2v) is 3.22. The van der Waals surface area contributed by atoms with Gasteiger partial charge in [0.15, 0.2) is 0 Å². The maximum absolute atomic E-state index is 13.2. The second-order valence-electron chi connectivity index (χ2n) is 3.22. The average molecular weight is 211 g/mol. The molecule has 0 aliphatic carbocycles. The number of benzene rings is 1. The number of hydrogen-bond donors (Lipinski definition) is 0. The van der Waals surface area contributed by atoms with E-state index in [0.29, 0.717) is 5.56 Å². The predicted octanol–water partition coefficient (Wildman–Crippen LogP) is 2.87. The molecule has 0 radical (unpaired) electrons. The van der Waals surface area contributed by atoms with Gasteiger partial charge in [-0.25, -0.2) is 8.78 Å². The highest BCUT2D eigenvalue weighted by Crippen LogP contribution is 2.36. The summed E-state index contributed by atoms with van der Waals surface area (Å²) >= 11 is 0. The van der Waals surface area contributed by atoms with E-state index in [1.165, 1.54) is 19.2 Å². The molecule has 0 saturated carbocycles. The fourth-order valence-electron chi connectivity index (χ4n) is 1.40. The van der Waals surface area contributed by atoms with E-state index in [1.807, 2.05) is 6.07 Å². The number of hydrogen-bond acceptors (Lipinski definition) is 2. The summed E-state index contributed by atoms with van der Waals surface area (Å²) in [5.74, 6) is -2.86. The predicted molar refractivity (Wildman–Crippen MR) is 51.9 cm³/mol. The van der Waals surface area contributed by atoms with Crippen molar-refractivity contribution in [1.82, 2.24) is 0 Å². The van der Waals surface area contributed by atoms with Gasteiger partial charge in [-0.05, 0) is 6.07 Å². The highest BCUT2D eigenvalue weighted by molar-refractivity contribution is 5.44. The maximum Gasteiger partial charge on any atom is 0.274 e. The average Bonchev–Trinajstić information content (AvgIpc) is 2.16. The van der Waals surface area contributed by atoms with Crippen LogP contribution < -0.4 is 4.74 Å². The second kappa shape index (κ2) is 4.26. The number of nitrogens with zero attached hydrogens (tertiary/aromatic N) is 1. The maximum atomic E-state index is 13.2. The minimum Gasteiger partial charge on any atom is -0.496 e. The van der Waals surface area contributed by atoms with Crippen molar-refractivity contribution in [2.24, 2.45) is 0 Å². The lowest BCUT2D eigenvalue weighted by atomic mass is 10.0. The van der Waals surface area contributed by atoms with Gasteiger partial charge in [0.25, 0.3) is 5.92 Å². The van der Waals surface area contributed by atoms with Crippen LogP contribution in [0.25, 0.3) is 0 Å². The van der Waals surface area contributed by atoms with E-state index in [1.54, 1.807) is 6.07 Å². The highest BCUT2D eigenvalue weighted by Gasteiger charge is 2.29. The van der Waals surface area contributed by atoms with Gasteiger partial charge in [-0.15, -0.1) is 0 Å². The van der Waals surface area contributed by atoms with Crippen LogP contribution in [0, 0.1) is 11.3 Å². The summed E-state index contributed by atoms with van der Waals surface area (Å²) in [6.45, 7) is 0.807. The van der Waals surface area contributed by atoms with Crippen molar-refractivity contribution in [1.29, 1.82) is 5.26 Å². The topological polar surface area (TPSA) is 33.0 Å². The number of ether oxygens (including phenoxy) is 1. The standard InChI is InChI=1S/C11H11F2NO/c1-11(12,13)9-5-3-4-8(6-7-14)10(9)15-2/h3-5H,6H2,1-2H3. The zero-order chi connectivity index (χ0) is 11.5. The molecule has 15 heavy (non-hydrogen) atoms. The van der Waals surface area contributed by atoms with E-state index >= 15 is 0 Å². The van der Waals surface area contributed by atoms with Crippen LogP contribution in [0.5, 0.6) is 5.75 Å². The molecule has 4 heteroatoms. The third kappa shape index (κ3) is 2.44. The van der Waals surface area contributed by atoms with E-state index < -0.39 is 5.92 Å². The van der Waals surface area contributed by atoms with Gasteiger partial charge in [0.05, 0.1) is 25.2 Å². The van der Waals surface area contributed by atoms with Crippen LogP contribution in [0.3, 0.4) is 0 Å². The molecule has 1 rings (SSSR count). The lowest BCUT2D eigenvalue weighted by Crippen LogP contribution is -2.10. The fourth-order valence-corrected chi connectivity index (χ4v) is 1.40. The first-order valence-electron chi connectivity index (χ1n) is 4.42. The van der Waals surface area contributed by atoms with Crippen molar-refractivity contribution in [2.75, 3.05) is 7.11 Å². The Labute approximate surface area is 87.1 Å². The molecular formula is C11H11F2NO. The van der Waals surface area contributed by atoms with Gasteiger partial charge >= 0.3 is 0 Å².